The van der Waals surface area contributed by atoms with E-state index in [1.165, 1.54) is 18.2 Å². The molecule has 2 aromatic carbocycles. The number of nitrogens with zero attached hydrogens (tertiary/aromatic N) is 1. The Morgan fingerprint density at radius 3 is 2.27 bits per heavy atom. The number of unbranched alkanes of at least 4 members (excludes halogenated alkanes) is 1. The molecule has 0 saturated heterocycles. The van der Waals surface area contributed by atoms with E-state index >= 15 is 0 Å². The zero-order chi connectivity index (χ0) is 27.3. The van der Waals surface area contributed by atoms with Crippen molar-refractivity contribution >= 4 is 17.4 Å². The summed E-state index contributed by atoms with van der Waals surface area (Å²) in [5.41, 5.74) is 0.628. The van der Waals surface area contributed by atoms with Crippen LogP contribution in [0.25, 0.3) is 0 Å². The molecule has 1 N–H and O–H groups in total. The number of benzene rings is 2. The first-order valence-corrected chi connectivity index (χ1v) is 16.3. The maximum Gasteiger partial charge on any atom is 0.335 e. The van der Waals surface area contributed by atoms with E-state index in [1.807, 2.05) is 44.2 Å². The molecule has 0 saturated carbocycles. The molecule has 0 unspecified atom stereocenters. The molecule has 8 nitrogen and oxygen atoms in total. The highest BCUT2D eigenvalue weighted by molar-refractivity contribution is 7.91. The lowest BCUT2D eigenvalue weighted by Crippen LogP contribution is -2.51. The van der Waals surface area contributed by atoms with Crippen LogP contribution in [0.15, 0.2) is 47.4 Å². The average molecular weight is 554 g/mol. The van der Waals surface area contributed by atoms with Gasteiger partial charge in [-0.3, -0.25) is 4.57 Å². The van der Waals surface area contributed by atoms with E-state index in [4.69, 9.17) is 13.8 Å². The van der Waals surface area contributed by atoms with Gasteiger partial charge in [0.1, 0.15) is 5.75 Å². The number of ether oxygens (including phenoxy) is 1. The predicted molar refractivity (Wildman–Crippen MR) is 144 cm³/mol. The Morgan fingerprint density at radius 1 is 1.08 bits per heavy atom. The van der Waals surface area contributed by atoms with Gasteiger partial charge in [-0.2, -0.15) is 5.06 Å². The molecule has 0 fully saturated rings. The summed E-state index contributed by atoms with van der Waals surface area (Å²) in [5, 5.41) is 13.1. The molecule has 0 aliphatic carbocycles. The van der Waals surface area contributed by atoms with E-state index in [0.717, 1.165) is 18.4 Å². The van der Waals surface area contributed by atoms with Crippen LogP contribution in [0.2, 0.25) is 0 Å². The van der Waals surface area contributed by atoms with Gasteiger partial charge in [0.15, 0.2) is 9.84 Å². The summed E-state index contributed by atoms with van der Waals surface area (Å²) in [6.45, 7) is 7.80. The molecule has 2 aromatic rings. The quantitative estimate of drug-likeness (QED) is 0.303. The van der Waals surface area contributed by atoms with Crippen LogP contribution >= 0.6 is 7.60 Å². The van der Waals surface area contributed by atoms with Gasteiger partial charge in [-0.15, -0.1) is 0 Å². The maximum atomic E-state index is 14.0. The van der Waals surface area contributed by atoms with Crippen LogP contribution in [0.5, 0.6) is 5.75 Å². The maximum absolute atomic E-state index is 14.0. The van der Waals surface area contributed by atoms with Crippen LogP contribution in [0.1, 0.15) is 76.1 Å². The number of hydrogen-bond donors (Lipinski definition) is 1. The highest BCUT2D eigenvalue weighted by Gasteiger charge is 2.48. The third-order valence-corrected chi connectivity index (χ3v) is 11.0. The molecule has 206 valence electrons. The van der Waals surface area contributed by atoms with Crippen LogP contribution in [-0.4, -0.2) is 50.3 Å². The first kappa shape index (κ1) is 29.8. The van der Waals surface area contributed by atoms with Crippen molar-refractivity contribution in [3.8, 4) is 5.75 Å². The van der Waals surface area contributed by atoms with Crippen LogP contribution in [0.4, 0.5) is 0 Å². The number of sulfone groups is 1. The number of hydroxylamine groups is 2. The highest BCUT2D eigenvalue weighted by Crippen LogP contribution is 2.54. The fourth-order valence-electron chi connectivity index (χ4n) is 5.14. The van der Waals surface area contributed by atoms with Crippen molar-refractivity contribution in [3.63, 3.8) is 0 Å². The molecule has 3 rings (SSSR count). The van der Waals surface area contributed by atoms with Crippen molar-refractivity contribution in [2.75, 3.05) is 26.1 Å². The van der Waals surface area contributed by atoms with Crippen molar-refractivity contribution in [2.45, 2.75) is 76.0 Å². The normalized spacial score (nSPS) is 21.8. The Bertz CT molecular complexity index is 1190. The van der Waals surface area contributed by atoms with Gasteiger partial charge in [-0.05, 0) is 49.9 Å². The molecule has 37 heavy (non-hydrogen) atoms. The fourth-order valence-corrected chi connectivity index (χ4v) is 9.04. The standard InChI is InChI=1S/C27H40NO7PS/c1-6-10-16-27(7-2)20-37(31,32)25-17-22(19-36(30,34-8-3)35-9-4)24(33-5)18-23(25)26(28(27)29)21-14-12-11-13-15-21/h11-15,17-18,26,29H,6-10,16,19-20H2,1-5H3/t26-,27-/m1/s1. The lowest BCUT2D eigenvalue weighted by Gasteiger charge is -2.42. The SMILES string of the molecule is CCCC[C@]1(CC)CS(=O)(=O)c2cc(CP(=O)(OCC)OCC)c(OC)cc2[C@@H](c2ccccc2)N1O. The summed E-state index contributed by atoms with van der Waals surface area (Å²) < 4.78 is 58.0. The Balaban J connectivity index is 2.30. The van der Waals surface area contributed by atoms with Crippen LogP contribution in [-0.2, 0) is 29.6 Å². The van der Waals surface area contributed by atoms with Crippen molar-refractivity contribution in [3.05, 3.63) is 59.2 Å². The molecular weight excluding hydrogens is 513 g/mol. The number of fused-ring (bicyclic) bond motifs is 1. The van der Waals surface area contributed by atoms with Gasteiger partial charge in [-0.25, -0.2) is 8.42 Å². The predicted octanol–water partition coefficient (Wildman–Crippen LogP) is 6.37. The molecule has 0 radical (unpaired) electrons. The van der Waals surface area contributed by atoms with Crippen LogP contribution in [0, 0.1) is 0 Å². The molecule has 1 aliphatic heterocycles. The summed E-state index contributed by atoms with van der Waals surface area (Å²) in [4.78, 5) is 0.0996. The molecule has 10 heteroatoms. The molecule has 0 aromatic heterocycles. The molecule has 0 bridgehead atoms. The molecule has 1 aliphatic rings. The Morgan fingerprint density at radius 2 is 1.73 bits per heavy atom. The van der Waals surface area contributed by atoms with E-state index in [-0.39, 0.29) is 30.0 Å². The van der Waals surface area contributed by atoms with Gasteiger partial charge in [0.2, 0.25) is 0 Å². The van der Waals surface area contributed by atoms with E-state index in [2.05, 4.69) is 0 Å². The highest BCUT2D eigenvalue weighted by atomic mass is 32.2. The second-order valence-corrected chi connectivity index (χ2v) is 13.4. The summed E-state index contributed by atoms with van der Waals surface area (Å²) in [6.07, 6.45) is 2.50. The monoisotopic (exact) mass is 553 g/mol. The molecule has 1 heterocycles. The third kappa shape index (κ3) is 6.29. The van der Waals surface area contributed by atoms with E-state index in [9.17, 15) is 18.2 Å². The average Bonchev–Trinajstić information content (AvgIpc) is 2.94. The Labute approximate surface area is 221 Å². The van der Waals surface area contributed by atoms with Crippen molar-refractivity contribution in [1.29, 1.82) is 0 Å². The smallest absolute Gasteiger partial charge is 0.335 e. The lowest BCUT2D eigenvalue weighted by molar-refractivity contribution is -0.193. The van der Waals surface area contributed by atoms with E-state index in [0.29, 0.717) is 29.7 Å². The van der Waals surface area contributed by atoms with Crippen molar-refractivity contribution < 1.29 is 32.0 Å². The van der Waals surface area contributed by atoms with Gasteiger partial charge in [0.25, 0.3) is 0 Å². The van der Waals surface area contributed by atoms with Crippen LogP contribution < -0.4 is 4.74 Å². The van der Waals surface area contributed by atoms with Gasteiger partial charge < -0.3 is 19.0 Å². The number of hydrogen-bond acceptors (Lipinski definition) is 8. The molecule has 0 spiro atoms. The summed E-state index contributed by atoms with van der Waals surface area (Å²) >= 11 is 0. The minimum Gasteiger partial charge on any atom is -0.496 e. The van der Waals surface area contributed by atoms with Gasteiger partial charge in [0.05, 0.1) is 48.7 Å². The third-order valence-electron chi connectivity index (χ3n) is 7.02. The molecule has 0 amide bonds. The van der Waals surface area contributed by atoms with Crippen molar-refractivity contribution in [1.82, 2.24) is 5.06 Å². The number of methoxy groups -OCH3 is 1. The minimum atomic E-state index is -3.86. The fraction of sp³-hybridized carbons (Fsp3) is 0.556. The van der Waals surface area contributed by atoms with Gasteiger partial charge in [0, 0.05) is 5.56 Å². The van der Waals surface area contributed by atoms with Crippen molar-refractivity contribution in [2.24, 2.45) is 0 Å². The summed E-state index contributed by atoms with van der Waals surface area (Å²) in [5.74, 6) is 0.129. The second-order valence-electron chi connectivity index (χ2n) is 9.40. The van der Waals surface area contributed by atoms with Crippen LogP contribution in [0.3, 0.4) is 0 Å². The number of rotatable bonds is 12. The second kappa shape index (κ2) is 12.4. The van der Waals surface area contributed by atoms with Gasteiger partial charge in [-0.1, -0.05) is 57.0 Å². The summed E-state index contributed by atoms with van der Waals surface area (Å²) in [6, 6.07) is 11.8. The Hall–Kier alpha value is -1.74. The first-order chi connectivity index (χ1) is 17.6. The van der Waals surface area contributed by atoms with Gasteiger partial charge >= 0.3 is 7.60 Å². The largest absolute Gasteiger partial charge is 0.496 e. The lowest BCUT2D eigenvalue weighted by atomic mass is 9.87. The molecular formula is C27H40NO7PS. The topological polar surface area (TPSA) is 102 Å². The Kier molecular flexibility index (Phi) is 10.00. The first-order valence-electron chi connectivity index (χ1n) is 12.9. The minimum absolute atomic E-state index is 0.0996. The summed E-state index contributed by atoms with van der Waals surface area (Å²) in [7, 11) is -5.91. The zero-order valence-corrected chi connectivity index (χ0v) is 24.2. The van der Waals surface area contributed by atoms with E-state index < -0.39 is 29.0 Å². The zero-order valence-electron chi connectivity index (χ0n) is 22.5. The molecule has 2 atom stereocenters. The van der Waals surface area contributed by atoms with E-state index in [1.54, 1.807) is 19.9 Å².